The summed E-state index contributed by atoms with van der Waals surface area (Å²) in [5, 5.41) is 0. The van der Waals surface area contributed by atoms with Gasteiger partial charge in [0, 0.05) is 19.3 Å². The molecule has 1 unspecified atom stereocenters. The first-order valence-corrected chi connectivity index (χ1v) is 22.9. The van der Waals surface area contributed by atoms with Crippen LogP contribution >= 0.6 is 0 Å². The Labute approximate surface area is 355 Å². The molecular formula is C52H82O6. The molecule has 0 radical (unpaired) electrons. The number of hydrogen-bond donors (Lipinski definition) is 0. The fourth-order valence-electron chi connectivity index (χ4n) is 5.54. The SMILES string of the molecule is CC/C=C\C/C=C\C/C=C\C/C=C\C/C=C\C/C=C\CCC(=O)OCC(COC(=O)CCCCCC/C=C\CCCC)OC(=O)CCCCC/C=C\C=C/CCCC. The lowest BCUT2D eigenvalue weighted by atomic mass is 10.1. The first-order valence-electron chi connectivity index (χ1n) is 22.9. The van der Waals surface area contributed by atoms with Crippen LogP contribution in [0.2, 0.25) is 0 Å². The number of carbonyl (C=O) groups excluding carboxylic acids is 3. The average molecular weight is 803 g/mol. The number of carbonyl (C=O) groups is 3. The molecule has 0 N–H and O–H groups in total. The van der Waals surface area contributed by atoms with Gasteiger partial charge in [-0.25, -0.2) is 0 Å². The van der Waals surface area contributed by atoms with Crippen molar-refractivity contribution >= 4 is 17.9 Å². The van der Waals surface area contributed by atoms with Gasteiger partial charge < -0.3 is 14.2 Å². The zero-order valence-corrected chi connectivity index (χ0v) is 37.0. The van der Waals surface area contributed by atoms with Crippen molar-refractivity contribution in [2.75, 3.05) is 13.2 Å². The van der Waals surface area contributed by atoms with E-state index in [4.69, 9.17) is 14.2 Å². The van der Waals surface area contributed by atoms with Crippen molar-refractivity contribution < 1.29 is 28.6 Å². The molecule has 1 atom stereocenters. The highest BCUT2D eigenvalue weighted by Crippen LogP contribution is 2.11. The van der Waals surface area contributed by atoms with Crippen LogP contribution < -0.4 is 0 Å². The Morgan fingerprint density at radius 2 is 0.759 bits per heavy atom. The monoisotopic (exact) mass is 803 g/mol. The number of allylic oxidation sites excluding steroid dienone is 18. The fraction of sp³-hybridized carbons (Fsp3) is 0.596. The molecule has 0 saturated heterocycles. The van der Waals surface area contributed by atoms with E-state index in [1.807, 2.05) is 12.2 Å². The van der Waals surface area contributed by atoms with E-state index in [0.29, 0.717) is 19.3 Å². The summed E-state index contributed by atoms with van der Waals surface area (Å²) in [6.45, 7) is 6.29. The highest BCUT2D eigenvalue weighted by molar-refractivity contribution is 5.71. The molecule has 0 spiro atoms. The van der Waals surface area contributed by atoms with Crippen molar-refractivity contribution in [3.63, 3.8) is 0 Å². The van der Waals surface area contributed by atoms with Crippen molar-refractivity contribution in [3.05, 3.63) is 109 Å². The van der Waals surface area contributed by atoms with Crippen LogP contribution in [0.5, 0.6) is 0 Å². The molecule has 0 saturated carbocycles. The highest BCUT2D eigenvalue weighted by atomic mass is 16.6. The topological polar surface area (TPSA) is 78.9 Å². The number of ether oxygens (including phenoxy) is 3. The molecule has 0 fully saturated rings. The van der Waals surface area contributed by atoms with Gasteiger partial charge in [0.25, 0.3) is 0 Å². The number of unbranched alkanes of at least 4 members (excludes halogenated alkanes) is 11. The molecular weight excluding hydrogens is 721 g/mol. The third kappa shape index (κ3) is 43.2. The van der Waals surface area contributed by atoms with E-state index in [1.165, 1.54) is 25.7 Å². The minimum atomic E-state index is -0.826. The van der Waals surface area contributed by atoms with Gasteiger partial charge in [-0.05, 0) is 96.3 Å². The van der Waals surface area contributed by atoms with Gasteiger partial charge in [-0.2, -0.15) is 0 Å². The van der Waals surface area contributed by atoms with E-state index < -0.39 is 6.10 Å². The summed E-state index contributed by atoms with van der Waals surface area (Å²) in [7, 11) is 0. The predicted molar refractivity (Wildman–Crippen MR) is 247 cm³/mol. The van der Waals surface area contributed by atoms with E-state index >= 15 is 0 Å². The second kappa shape index (κ2) is 45.8. The van der Waals surface area contributed by atoms with Crippen LogP contribution in [0.3, 0.4) is 0 Å². The van der Waals surface area contributed by atoms with Crippen molar-refractivity contribution in [2.24, 2.45) is 0 Å². The lowest BCUT2D eigenvalue weighted by Crippen LogP contribution is -2.30. The van der Waals surface area contributed by atoms with Crippen LogP contribution in [0, 0.1) is 0 Å². The largest absolute Gasteiger partial charge is 0.462 e. The minimum absolute atomic E-state index is 0.121. The first kappa shape index (κ1) is 54.1. The number of esters is 3. The maximum Gasteiger partial charge on any atom is 0.306 e. The van der Waals surface area contributed by atoms with E-state index in [9.17, 15) is 14.4 Å². The Hall–Kier alpha value is -3.93. The van der Waals surface area contributed by atoms with Crippen LogP contribution in [0.4, 0.5) is 0 Å². The maximum absolute atomic E-state index is 12.7. The summed E-state index contributed by atoms with van der Waals surface area (Å²) in [5.74, 6) is -1.06. The van der Waals surface area contributed by atoms with Crippen molar-refractivity contribution in [1.29, 1.82) is 0 Å². The van der Waals surface area contributed by atoms with E-state index in [-0.39, 0.29) is 44.0 Å². The van der Waals surface area contributed by atoms with Crippen LogP contribution in [-0.4, -0.2) is 37.2 Å². The summed E-state index contributed by atoms with van der Waals surface area (Å²) < 4.78 is 16.6. The molecule has 0 aromatic carbocycles. The van der Waals surface area contributed by atoms with Crippen LogP contribution in [-0.2, 0) is 28.6 Å². The number of rotatable bonds is 39. The zero-order chi connectivity index (χ0) is 42.3. The molecule has 58 heavy (non-hydrogen) atoms. The quantitative estimate of drug-likeness (QED) is 0.0202. The van der Waals surface area contributed by atoms with Crippen molar-refractivity contribution in [3.8, 4) is 0 Å². The normalized spacial score (nSPS) is 13.1. The third-order valence-electron chi connectivity index (χ3n) is 9.02. The standard InChI is InChI=1S/C52H82O6/c1-4-7-10-13-16-19-22-23-24-25-26-27-28-29-31-33-36-39-42-45-51(54)57-48-49(47-56-50(53)44-41-38-35-32-21-18-15-12-9-6-3)58-52(55)46-43-40-37-34-30-20-17-14-11-8-5-2/h7,10,14-20,23-24,26-27,29-31,36,39,49H,4-6,8-9,11-13,21-22,25,28,32-35,37-38,40-48H2,1-3H3/b10-7-,17-14-,18-15-,19-16-,24-23-,27-26-,30-20-,31-29-,39-36-. The zero-order valence-electron chi connectivity index (χ0n) is 37.0. The molecule has 0 heterocycles. The van der Waals surface area contributed by atoms with Crippen LogP contribution in [0.1, 0.15) is 181 Å². The Morgan fingerprint density at radius 3 is 1.28 bits per heavy atom. The van der Waals surface area contributed by atoms with Crippen LogP contribution in [0.15, 0.2) is 109 Å². The van der Waals surface area contributed by atoms with Gasteiger partial charge in [0.05, 0.1) is 0 Å². The van der Waals surface area contributed by atoms with Gasteiger partial charge in [-0.3, -0.25) is 14.4 Å². The Kier molecular flexibility index (Phi) is 42.7. The second-order valence-electron chi connectivity index (χ2n) is 14.6. The Bertz CT molecular complexity index is 1240. The van der Waals surface area contributed by atoms with E-state index in [0.717, 1.165) is 103 Å². The van der Waals surface area contributed by atoms with Gasteiger partial charge in [0.2, 0.25) is 0 Å². The molecule has 0 aliphatic rings. The highest BCUT2D eigenvalue weighted by Gasteiger charge is 2.19. The van der Waals surface area contributed by atoms with Crippen molar-refractivity contribution in [2.45, 2.75) is 187 Å². The molecule has 0 amide bonds. The van der Waals surface area contributed by atoms with Gasteiger partial charge in [-0.1, -0.05) is 175 Å². The summed E-state index contributed by atoms with van der Waals surface area (Å²) in [4.78, 5) is 37.7. The van der Waals surface area contributed by atoms with Crippen molar-refractivity contribution in [1.82, 2.24) is 0 Å². The third-order valence-corrected chi connectivity index (χ3v) is 9.02. The lowest BCUT2D eigenvalue weighted by molar-refractivity contribution is -0.166. The molecule has 6 nitrogen and oxygen atoms in total. The summed E-state index contributed by atoms with van der Waals surface area (Å²) in [5.41, 5.74) is 0. The van der Waals surface area contributed by atoms with Gasteiger partial charge in [0.15, 0.2) is 6.10 Å². The molecule has 0 rings (SSSR count). The fourth-order valence-corrected chi connectivity index (χ4v) is 5.54. The molecule has 326 valence electrons. The van der Waals surface area contributed by atoms with Gasteiger partial charge in [0.1, 0.15) is 13.2 Å². The Balaban J connectivity index is 4.53. The molecule has 0 aliphatic heterocycles. The molecule has 0 aromatic heterocycles. The lowest BCUT2D eigenvalue weighted by Gasteiger charge is -2.18. The molecule has 0 aromatic rings. The summed E-state index contributed by atoms with van der Waals surface area (Å²) in [6, 6.07) is 0. The maximum atomic E-state index is 12.7. The molecule has 6 heteroatoms. The van der Waals surface area contributed by atoms with Crippen LogP contribution in [0.25, 0.3) is 0 Å². The second-order valence-corrected chi connectivity index (χ2v) is 14.6. The Morgan fingerprint density at radius 1 is 0.379 bits per heavy atom. The van der Waals surface area contributed by atoms with E-state index in [2.05, 4.69) is 118 Å². The first-order chi connectivity index (χ1) is 28.5. The number of hydrogen-bond acceptors (Lipinski definition) is 6. The molecule has 0 bridgehead atoms. The summed E-state index contributed by atoms with van der Waals surface area (Å²) >= 11 is 0. The van der Waals surface area contributed by atoms with Gasteiger partial charge >= 0.3 is 17.9 Å². The smallest absolute Gasteiger partial charge is 0.306 e. The average Bonchev–Trinajstić information content (AvgIpc) is 3.22. The minimum Gasteiger partial charge on any atom is -0.462 e. The summed E-state index contributed by atoms with van der Waals surface area (Å²) in [6.07, 6.45) is 60.9. The van der Waals surface area contributed by atoms with E-state index in [1.54, 1.807) is 0 Å². The molecule has 0 aliphatic carbocycles. The predicted octanol–water partition coefficient (Wildman–Crippen LogP) is 14.8. The van der Waals surface area contributed by atoms with Gasteiger partial charge in [-0.15, -0.1) is 0 Å².